The molecule has 1 heterocycles. The Labute approximate surface area is 204 Å². The molecule has 8 heteroatoms. The number of aromatic nitrogens is 2. The van der Waals surface area contributed by atoms with Crippen molar-refractivity contribution in [1.82, 2.24) is 9.97 Å². The molecule has 0 saturated carbocycles. The van der Waals surface area contributed by atoms with Crippen LogP contribution in [0.3, 0.4) is 0 Å². The van der Waals surface area contributed by atoms with Crippen molar-refractivity contribution >= 4 is 34.9 Å². The first-order chi connectivity index (χ1) is 16.9. The second-order valence-corrected chi connectivity index (χ2v) is 8.17. The molecule has 4 rings (SSSR count). The molecule has 0 aliphatic heterocycles. The summed E-state index contributed by atoms with van der Waals surface area (Å²) in [5.41, 5.74) is 3.02. The van der Waals surface area contributed by atoms with Gasteiger partial charge in [-0.05, 0) is 48.9 Å². The molecule has 35 heavy (non-hydrogen) atoms. The molecule has 0 spiro atoms. The maximum atomic E-state index is 13.5. The summed E-state index contributed by atoms with van der Waals surface area (Å²) < 4.78 is 13.4. The molecule has 1 atom stereocenters. The standard InChI is InChI=1S/C27H27FN6O/c1-19(20-9-5-4-6-10-20)30-26-29-18-17-25(32-26)34(24-12-8-7-11-23(24)33(2)3)27(35)31-22-15-13-21(28)14-16-22/h4-19H,1-3H3,(H,31,35)(H,29,30,32)/t19-/m0/s1. The molecule has 0 radical (unpaired) electrons. The molecule has 0 saturated heterocycles. The Morgan fingerprint density at radius 1 is 0.886 bits per heavy atom. The monoisotopic (exact) mass is 470 g/mol. The minimum absolute atomic E-state index is 0.0398. The summed E-state index contributed by atoms with van der Waals surface area (Å²) >= 11 is 0. The number of amides is 2. The Kier molecular flexibility index (Phi) is 7.21. The molecule has 0 fully saturated rings. The van der Waals surface area contributed by atoms with Gasteiger partial charge in [0.25, 0.3) is 0 Å². The molecule has 1 aromatic heterocycles. The van der Waals surface area contributed by atoms with E-state index in [2.05, 4.69) is 20.6 Å². The average Bonchev–Trinajstić information content (AvgIpc) is 2.86. The highest BCUT2D eigenvalue weighted by Gasteiger charge is 2.24. The number of carbonyl (C=O) groups is 1. The van der Waals surface area contributed by atoms with E-state index in [0.717, 1.165) is 11.3 Å². The lowest BCUT2D eigenvalue weighted by Crippen LogP contribution is -2.33. The van der Waals surface area contributed by atoms with E-state index >= 15 is 0 Å². The molecule has 2 amide bonds. The second kappa shape index (κ2) is 10.6. The summed E-state index contributed by atoms with van der Waals surface area (Å²) in [5, 5.41) is 6.14. The van der Waals surface area contributed by atoms with Gasteiger partial charge in [-0.1, -0.05) is 42.5 Å². The number of hydrogen-bond donors (Lipinski definition) is 2. The van der Waals surface area contributed by atoms with E-state index in [4.69, 9.17) is 0 Å². The molecule has 0 aliphatic carbocycles. The lowest BCUT2D eigenvalue weighted by atomic mass is 10.1. The Morgan fingerprint density at radius 3 is 2.23 bits per heavy atom. The van der Waals surface area contributed by atoms with Gasteiger partial charge < -0.3 is 15.5 Å². The Morgan fingerprint density at radius 2 is 1.54 bits per heavy atom. The minimum atomic E-state index is -0.438. The minimum Gasteiger partial charge on any atom is -0.376 e. The molecule has 0 aliphatic rings. The van der Waals surface area contributed by atoms with Crippen LogP contribution in [0.25, 0.3) is 0 Å². The molecule has 2 N–H and O–H groups in total. The normalized spacial score (nSPS) is 11.4. The second-order valence-electron chi connectivity index (χ2n) is 8.17. The highest BCUT2D eigenvalue weighted by Crippen LogP contribution is 2.34. The highest BCUT2D eigenvalue weighted by atomic mass is 19.1. The first-order valence-electron chi connectivity index (χ1n) is 11.2. The Balaban J connectivity index is 1.70. The molecule has 178 valence electrons. The third-order valence-corrected chi connectivity index (χ3v) is 5.42. The zero-order chi connectivity index (χ0) is 24.8. The van der Waals surface area contributed by atoms with Gasteiger partial charge in [0.05, 0.1) is 17.4 Å². The molecule has 3 aromatic carbocycles. The first-order valence-corrected chi connectivity index (χ1v) is 11.2. The lowest BCUT2D eigenvalue weighted by Gasteiger charge is -2.27. The van der Waals surface area contributed by atoms with E-state index in [0.29, 0.717) is 23.1 Å². The molecular formula is C27H27FN6O. The fourth-order valence-electron chi connectivity index (χ4n) is 3.64. The predicted octanol–water partition coefficient (Wildman–Crippen LogP) is 6.23. The zero-order valence-electron chi connectivity index (χ0n) is 19.8. The summed E-state index contributed by atoms with van der Waals surface area (Å²) in [5.74, 6) is 0.398. The van der Waals surface area contributed by atoms with E-state index in [1.807, 2.05) is 80.5 Å². The SMILES string of the molecule is C[C@H](Nc1nccc(N(C(=O)Nc2ccc(F)cc2)c2ccccc2N(C)C)n1)c1ccccc1. The predicted molar refractivity (Wildman–Crippen MR) is 139 cm³/mol. The van der Waals surface area contributed by atoms with Crippen LogP contribution in [0.15, 0.2) is 91.1 Å². The summed E-state index contributed by atoms with van der Waals surface area (Å²) in [6.45, 7) is 2.02. The van der Waals surface area contributed by atoms with Crippen molar-refractivity contribution in [1.29, 1.82) is 0 Å². The Bertz CT molecular complexity index is 1280. The van der Waals surface area contributed by atoms with Crippen LogP contribution < -0.4 is 20.4 Å². The lowest BCUT2D eigenvalue weighted by molar-refractivity contribution is 0.259. The Hall–Kier alpha value is -4.46. The molecule has 0 bridgehead atoms. The van der Waals surface area contributed by atoms with Gasteiger partial charge in [-0.3, -0.25) is 0 Å². The number of para-hydroxylation sites is 2. The van der Waals surface area contributed by atoms with Crippen molar-refractivity contribution in [3.05, 3.63) is 103 Å². The van der Waals surface area contributed by atoms with Crippen LogP contribution >= 0.6 is 0 Å². The van der Waals surface area contributed by atoms with Crippen LogP contribution in [0.5, 0.6) is 0 Å². The van der Waals surface area contributed by atoms with E-state index in [-0.39, 0.29) is 11.9 Å². The van der Waals surface area contributed by atoms with Crippen LogP contribution in [0.2, 0.25) is 0 Å². The summed E-state index contributed by atoms with van der Waals surface area (Å²) in [6.07, 6.45) is 1.61. The maximum absolute atomic E-state index is 13.5. The van der Waals surface area contributed by atoms with E-state index < -0.39 is 6.03 Å². The number of nitrogens with zero attached hydrogens (tertiary/aromatic N) is 4. The third kappa shape index (κ3) is 5.73. The molecular weight excluding hydrogens is 443 g/mol. The van der Waals surface area contributed by atoms with Crippen molar-refractivity contribution in [2.24, 2.45) is 0 Å². The number of carbonyl (C=O) groups excluding carboxylic acids is 1. The number of anilines is 5. The number of nitrogens with one attached hydrogen (secondary N) is 2. The van der Waals surface area contributed by atoms with Gasteiger partial charge in [-0.15, -0.1) is 0 Å². The van der Waals surface area contributed by atoms with Crippen LogP contribution in [-0.2, 0) is 0 Å². The largest absolute Gasteiger partial charge is 0.376 e. The van der Waals surface area contributed by atoms with Crippen molar-refractivity contribution in [3.8, 4) is 0 Å². The van der Waals surface area contributed by atoms with Crippen LogP contribution in [0.1, 0.15) is 18.5 Å². The quantitative estimate of drug-likeness (QED) is 0.335. The fourth-order valence-corrected chi connectivity index (χ4v) is 3.64. The van der Waals surface area contributed by atoms with Crippen molar-refractivity contribution < 1.29 is 9.18 Å². The maximum Gasteiger partial charge on any atom is 0.332 e. The van der Waals surface area contributed by atoms with Crippen molar-refractivity contribution in [2.45, 2.75) is 13.0 Å². The number of hydrogen-bond acceptors (Lipinski definition) is 5. The van der Waals surface area contributed by atoms with Gasteiger partial charge >= 0.3 is 6.03 Å². The third-order valence-electron chi connectivity index (χ3n) is 5.42. The number of urea groups is 1. The van der Waals surface area contributed by atoms with Gasteiger partial charge in [-0.2, -0.15) is 4.98 Å². The van der Waals surface area contributed by atoms with Gasteiger partial charge in [-0.25, -0.2) is 19.1 Å². The number of rotatable bonds is 7. The summed E-state index contributed by atoms with van der Waals surface area (Å²) in [6, 6.07) is 24.3. The molecule has 4 aromatic rings. The molecule has 7 nitrogen and oxygen atoms in total. The van der Waals surface area contributed by atoms with Gasteiger partial charge in [0, 0.05) is 32.0 Å². The molecule has 0 unspecified atom stereocenters. The summed E-state index contributed by atoms with van der Waals surface area (Å²) in [7, 11) is 3.81. The van der Waals surface area contributed by atoms with Gasteiger partial charge in [0.2, 0.25) is 5.95 Å². The highest BCUT2D eigenvalue weighted by molar-refractivity contribution is 6.08. The van der Waals surface area contributed by atoms with Crippen molar-refractivity contribution in [3.63, 3.8) is 0 Å². The smallest absolute Gasteiger partial charge is 0.332 e. The first kappa shape index (κ1) is 23.7. The van der Waals surface area contributed by atoms with E-state index in [1.54, 1.807) is 12.3 Å². The van der Waals surface area contributed by atoms with Crippen LogP contribution in [0.4, 0.5) is 38.0 Å². The zero-order valence-corrected chi connectivity index (χ0v) is 19.8. The fraction of sp³-hybridized carbons (Fsp3) is 0.148. The number of halogens is 1. The van der Waals surface area contributed by atoms with Gasteiger partial charge in [0.1, 0.15) is 11.6 Å². The topological polar surface area (TPSA) is 73.4 Å². The summed E-state index contributed by atoms with van der Waals surface area (Å²) in [4.78, 5) is 26.0. The van der Waals surface area contributed by atoms with Crippen molar-refractivity contribution in [2.75, 3.05) is 34.5 Å². The van der Waals surface area contributed by atoms with Crippen LogP contribution in [-0.4, -0.2) is 30.1 Å². The van der Waals surface area contributed by atoms with Crippen LogP contribution in [0, 0.1) is 5.82 Å². The van der Waals surface area contributed by atoms with E-state index in [1.165, 1.54) is 29.2 Å². The van der Waals surface area contributed by atoms with E-state index in [9.17, 15) is 9.18 Å². The average molecular weight is 471 g/mol. The van der Waals surface area contributed by atoms with Gasteiger partial charge in [0.15, 0.2) is 0 Å². The number of benzene rings is 3.